The first-order chi connectivity index (χ1) is 7.68. The van der Waals surface area contributed by atoms with E-state index in [1.54, 1.807) is 12.1 Å². The molecular weight excluding hydrogens is 318 g/mol. The molecule has 16 heavy (non-hydrogen) atoms. The first-order valence-corrected chi connectivity index (χ1v) is 5.82. The Bertz CT molecular complexity index is 514. The molecule has 4 heteroatoms. The van der Waals surface area contributed by atoms with Crippen LogP contribution in [0.2, 0.25) is 0 Å². The lowest BCUT2D eigenvalue weighted by molar-refractivity contribution is 0.633. The van der Waals surface area contributed by atoms with Gasteiger partial charge in [0, 0.05) is 3.57 Å². The van der Waals surface area contributed by atoms with Crippen LogP contribution in [0, 0.1) is 9.39 Å². The van der Waals surface area contributed by atoms with Crippen molar-refractivity contribution >= 4 is 39.7 Å². The van der Waals surface area contributed by atoms with Gasteiger partial charge in [-0.1, -0.05) is 18.2 Å². The molecule has 0 spiro atoms. The minimum atomic E-state index is -0.407. The lowest BCUT2D eigenvalue weighted by Gasteiger charge is -2.10. The van der Waals surface area contributed by atoms with Crippen molar-refractivity contribution in [2.24, 2.45) is 0 Å². The lowest BCUT2D eigenvalue weighted by Crippen LogP contribution is -1.99. The molecule has 2 nitrogen and oxygen atoms in total. The summed E-state index contributed by atoms with van der Waals surface area (Å²) in [6, 6.07) is 12.5. The van der Waals surface area contributed by atoms with E-state index in [0.29, 0.717) is 5.69 Å². The van der Waals surface area contributed by atoms with Gasteiger partial charge in [0.15, 0.2) is 0 Å². The third-order valence-electron chi connectivity index (χ3n) is 2.20. The average Bonchev–Trinajstić information content (AvgIpc) is 2.28. The number of nitrogen functional groups attached to an aromatic ring is 1. The van der Waals surface area contributed by atoms with Crippen LogP contribution in [-0.2, 0) is 0 Å². The Kier molecular flexibility index (Phi) is 3.28. The molecule has 0 aliphatic heterocycles. The van der Waals surface area contributed by atoms with Crippen LogP contribution in [0.15, 0.2) is 42.5 Å². The second-order valence-corrected chi connectivity index (χ2v) is 4.47. The summed E-state index contributed by atoms with van der Waals surface area (Å²) in [5.41, 5.74) is 7.29. The molecular formula is C12H10FIN2. The van der Waals surface area contributed by atoms with Gasteiger partial charge < -0.3 is 11.1 Å². The van der Waals surface area contributed by atoms with E-state index in [2.05, 4.69) is 27.9 Å². The Morgan fingerprint density at radius 2 is 1.69 bits per heavy atom. The van der Waals surface area contributed by atoms with Crippen LogP contribution in [0.5, 0.6) is 0 Å². The highest BCUT2D eigenvalue weighted by molar-refractivity contribution is 14.1. The Balaban J connectivity index is 2.35. The molecule has 0 saturated carbocycles. The maximum atomic E-state index is 13.2. The number of hydrogen-bond donors (Lipinski definition) is 2. The number of benzene rings is 2. The predicted octanol–water partition coefficient (Wildman–Crippen LogP) is 3.76. The van der Waals surface area contributed by atoms with Gasteiger partial charge in [-0.2, -0.15) is 0 Å². The van der Waals surface area contributed by atoms with Crippen molar-refractivity contribution in [1.29, 1.82) is 0 Å². The van der Waals surface area contributed by atoms with Gasteiger partial charge in [-0.25, -0.2) is 4.39 Å². The Morgan fingerprint density at radius 3 is 2.44 bits per heavy atom. The molecule has 2 aromatic carbocycles. The standard InChI is InChI=1S/C12H10FIN2/c13-8-4-3-7-11(12(8)15)16-10-6-2-1-5-9(10)14/h1-7,16H,15H2. The molecule has 3 N–H and O–H groups in total. The number of para-hydroxylation sites is 2. The maximum absolute atomic E-state index is 13.2. The first-order valence-electron chi connectivity index (χ1n) is 4.74. The molecule has 0 unspecified atom stereocenters. The number of halogens is 2. The largest absolute Gasteiger partial charge is 0.395 e. The number of rotatable bonds is 2. The molecule has 0 saturated heterocycles. The minimum Gasteiger partial charge on any atom is -0.395 e. The summed E-state index contributed by atoms with van der Waals surface area (Å²) in [6.07, 6.45) is 0. The molecule has 2 rings (SSSR count). The summed E-state index contributed by atoms with van der Waals surface area (Å²) in [7, 11) is 0. The summed E-state index contributed by atoms with van der Waals surface area (Å²) >= 11 is 2.21. The van der Waals surface area contributed by atoms with Gasteiger partial charge in [0.05, 0.1) is 17.1 Å². The van der Waals surface area contributed by atoms with Gasteiger partial charge in [0.1, 0.15) is 5.82 Å². The summed E-state index contributed by atoms with van der Waals surface area (Å²) < 4.78 is 14.3. The molecule has 0 aliphatic carbocycles. The zero-order valence-electron chi connectivity index (χ0n) is 8.37. The van der Waals surface area contributed by atoms with Crippen LogP contribution in [0.4, 0.5) is 21.5 Å². The van der Waals surface area contributed by atoms with E-state index in [-0.39, 0.29) is 5.69 Å². The number of nitrogens with two attached hydrogens (primary N) is 1. The van der Waals surface area contributed by atoms with E-state index in [9.17, 15) is 4.39 Å². The fourth-order valence-corrected chi connectivity index (χ4v) is 1.88. The second kappa shape index (κ2) is 4.69. The SMILES string of the molecule is Nc1c(F)cccc1Nc1ccccc1I. The van der Waals surface area contributed by atoms with Crippen LogP contribution in [0.3, 0.4) is 0 Å². The maximum Gasteiger partial charge on any atom is 0.148 e. The summed E-state index contributed by atoms with van der Waals surface area (Å²) in [5.74, 6) is -0.407. The van der Waals surface area contributed by atoms with E-state index >= 15 is 0 Å². The van der Waals surface area contributed by atoms with E-state index in [0.717, 1.165) is 9.26 Å². The van der Waals surface area contributed by atoms with Crippen molar-refractivity contribution in [3.8, 4) is 0 Å². The fraction of sp³-hybridized carbons (Fsp3) is 0. The Hall–Kier alpha value is -1.30. The highest BCUT2D eigenvalue weighted by Gasteiger charge is 2.05. The molecule has 0 atom stereocenters. The van der Waals surface area contributed by atoms with Crippen LogP contribution >= 0.6 is 22.6 Å². The molecule has 2 aromatic rings. The average molecular weight is 328 g/mol. The van der Waals surface area contributed by atoms with Crippen molar-refractivity contribution in [2.75, 3.05) is 11.1 Å². The zero-order chi connectivity index (χ0) is 11.5. The Labute approximate surface area is 107 Å². The molecule has 0 radical (unpaired) electrons. The third-order valence-corrected chi connectivity index (χ3v) is 3.14. The summed E-state index contributed by atoms with van der Waals surface area (Å²) in [4.78, 5) is 0. The van der Waals surface area contributed by atoms with Gasteiger partial charge in [-0.3, -0.25) is 0 Å². The van der Waals surface area contributed by atoms with Crippen LogP contribution in [0.25, 0.3) is 0 Å². The molecule has 82 valence electrons. The minimum absolute atomic E-state index is 0.141. The van der Waals surface area contributed by atoms with Gasteiger partial charge in [-0.05, 0) is 46.9 Å². The summed E-state index contributed by atoms with van der Waals surface area (Å²) in [5, 5.41) is 3.11. The number of anilines is 3. The molecule has 0 aliphatic rings. The summed E-state index contributed by atoms with van der Waals surface area (Å²) in [6.45, 7) is 0. The first kappa shape index (κ1) is 11.2. The van der Waals surface area contributed by atoms with E-state index in [1.165, 1.54) is 6.07 Å². The van der Waals surface area contributed by atoms with Gasteiger partial charge in [-0.15, -0.1) is 0 Å². The van der Waals surface area contributed by atoms with Crippen molar-refractivity contribution < 1.29 is 4.39 Å². The highest BCUT2D eigenvalue weighted by atomic mass is 127. The van der Waals surface area contributed by atoms with Crippen LogP contribution in [0.1, 0.15) is 0 Å². The van der Waals surface area contributed by atoms with E-state index in [4.69, 9.17) is 5.73 Å². The van der Waals surface area contributed by atoms with Gasteiger partial charge >= 0.3 is 0 Å². The van der Waals surface area contributed by atoms with Gasteiger partial charge in [0.25, 0.3) is 0 Å². The van der Waals surface area contributed by atoms with Crippen molar-refractivity contribution in [3.63, 3.8) is 0 Å². The van der Waals surface area contributed by atoms with Crippen molar-refractivity contribution in [3.05, 3.63) is 51.9 Å². The topological polar surface area (TPSA) is 38.0 Å². The molecule has 0 amide bonds. The molecule has 0 fully saturated rings. The van der Waals surface area contributed by atoms with Gasteiger partial charge in [0.2, 0.25) is 0 Å². The monoisotopic (exact) mass is 328 g/mol. The Morgan fingerprint density at radius 1 is 1.00 bits per heavy atom. The van der Waals surface area contributed by atoms with Crippen molar-refractivity contribution in [2.45, 2.75) is 0 Å². The lowest BCUT2D eigenvalue weighted by atomic mass is 10.2. The van der Waals surface area contributed by atoms with Crippen LogP contribution in [-0.4, -0.2) is 0 Å². The third kappa shape index (κ3) is 2.27. The van der Waals surface area contributed by atoms with Crippen LogP contribution < -0.4 is 11.1 Å². The molecule has 0 aromatic heterocycles. The van der Waals surface area contributed by atoms with E-state index in [1.807, 2.05) is 24.3 Å². The highest BCUT2D eigenvalue weighted by Crippen LogP contribution is 2.27. The normalized spacial score (nSPS) is 10.1. The molecule has 0 heterocycles. The fourth-order valence-electron chi connectivity index (χ4n) is 1.35. The second-order valence-electron chi connectivity index (χ2n) is 3.31. The smallest absolute Gasteiger partial charge is 0.148 e. The zero-order valence-corrected chi connectivity index (χ0v) is 10.5. The predicted molar refractivity (Wildman–Crippen MR) is 73.3 cm³/mol. The molecule has 0 bridgehead atoms. The number of nitrogens with one attached hydrogen (secondary N) is 1. The van der Waals surface area contributed by atoms with Crippen molar-refractivity contribution in [1.82, 2.24) is 0 Å². The van der Waals surface area contributed by atoms with E-state index < -0.39 is 5.82 Å². The quantitative estimate of drug-likeness (QED) is 0.651. The number of hydrogen-bond acceptors (Lipinski definition) is 2.